The summed E-state index contributed by atoms with van der Waals surface area (Å²) in [5.41, 5.74) is 1.03. The molecule has 2 N–H and O–H groups in total. The maximum absolute atomic E-state index is 10.3. The molecule has 3 saturated carbocycles. The fourth-order valence-electron chi connectivity index (χ4n) is 5.36. The third kappa shape index (κ3) is 2.10. The molecule has 3 aliphatic rings. The van der Waals surface area contributed by atoms with Gasteiger partial charge < -0.3 is 10.4 Å². The van der Waals surface area contributed by atoms with Crippen molar-refractivity contribution >= 4 is 0 Å². The van der Waals surface area contributed by atoms with Gasteiger partial charge in [0, 0.05) is 12.6 Å². The van der Waals surface area contributed by atoms with Crippen LogP contribution in [-0.4, -0.2) is 17.7 Å². The van der Waals surface area contributed by atoms with E-state index in [4.69, 9.17) is 0 Å². The Morgan fingerprint density at radius 3 is 2.70 bits per heavy atom. The molecule has 108 valence electrons. The van der Waals surface area contributed by atoms with Gasteiger partial charge in [0.25, 0.3) is 0 Å². The number of aliphatic hydroxyl groups is 1. The van der Waals surface area contributed by atoms with Gasteiger partial charge in [-0.2, -0.15) is 0 Å². The van der Waals surface area contributed by atoms with Crippen LogP contribution in [0.2, 0.25) is 0 Å². The molecule has 20 heavy (non-hydrogen) atoms. The van der Waals surface area contributed by atoms with E-state index in [1.165, 1.54) is 32.1 Å². The second kappa shape index (κ2) is 5.16. The molecule has 6 unspecified atom stereocenters. The zero-order valence-electron chi connectivity index (χ0n) is 12.0. The third-order valence-electron chi connectivity index (χ3n) is 6.19. The van der Waals surface area contributed by atoms with Crippen LogP contribution >= 0.6 is 0 Å². The number of aliphatic hydroxyl groups excluding tert-OH is 1. The molecule has 0 heterocycles. The van der Waals surface area contributed by atoms with Crippen molar-refractivity contribution in [2.45, 2.75) is 44.2 Å². The van der Waals surface area contributed by atoms with E-state index in [9.17, 15) is 5.11 Å². The number of benzene rings is 1. The first-order valence-corrected chi connectivity index (χ1v) is 8.29. The maximum Gasteiger partial charge on any atom is 0.0914 e. The van der Waals surface area contributed by atoms with Crippen LogP contribution < -0.4 is 5.32 Å². The minimum absolute atomic E-state index is 0.366. The first kappa shape index (κ1) is 12.8. The van der Waals surface area contributed by atoms with E-state index in [2.05, 4.69) is 5.32 Å². The molecule has 0 amide bonds. The summed E-state index contributed by atoms with van der Waals surface area (Å²) in [6.45, 7) is 0.704. The highest BCUT2D eigenvalue weighted by molar-refractivity contribution is 5.17. The summed E-state index contributed by atoms with van der Waals surface area (Å²) >= 11 is 0. The molecule has 2 heteroatoms. The van der Waals surface area contributed by atoms with E-state index in [1.807, 2.05) is 30.3 Å². The average molecular weight is 271 g/mol. The molecule has 1 aromatic rings. The molecule has 2 bridgehead atoms. The highest BCUT2D eigenvalue weighted by atomic mass is 16.3. The van der Waals surface area contributed by atoms with Crippen LogP contribution in [-0.2, 0) is 0 Å². The van der Waals surface area contributed by atoms with Gasteiger partial charge in [0.2, 0.25) is 0 Å². The summed E-state index contributed by atoms with van der Waals surface area (Å²) in [5, 5.41) is 13.9. The van der Waals surface area contributed by atoms with Gasteiger partial charge in [0.15, 0.2) is 0 Å². The number of rotatable bonds is 4. The Morgan fingerprint density at radius 1 is 1.05 bits per heavy atom. The average Bonchev–Trinajstić information content (AvgIpc) is 3.17. The zero-order valence-corrected chi connectivity index (χ0v) is 12.0. The normalized spacial score (nSPS) is 40.0. The minimum Gasteiger partial charge on any atom is -0.387 e. The standard InChI is InChI=1S/C18H25NO/c20-18(12-5-2-1-3-6-12)11-19-17-10-13-9-16(17)15-8-4-7-14(13)15/h1-3,5-6,13-20H,4,7-11H2. The van der Waals surface area contributed by atoms with Gasteiger partial charge in [-0.05, 0) is 54.9 Å². The summed E-state index contributed by atoms with van der Waals surface area (Å²) in [6.07, 6.45) is 6.86. The van der Waals surface area contributed by atoms with Crippen LogP contribution in [0.1, 0.15) is 43.8 Å². The highest BCUT2D eigenvalue weighted by Gasteiger charge is 2.53. The van der Waals surface area contributed by atoms with E-state index < -0.39 is 0 Å². The number of hydrogen-bond donors (Lipinski definition) is 2. The van der Waals surface area contributed by atoms with E-state index in [-0.39, 0.29) is 6.10 Å². The van der Waals surface area contributed by atoms with Gasteiger partial charge in [-0.25, -0.2) is 0 Å². The Kier molecular flexibility index (Phi) is 3.31. The largest absolute Gasteiger partial charge is 0.387 e. The Balaban J connectivity index is 1.35. The van der Waals surface area contributed by atoms with Crippen molar-refractivity contribution in [1.82, 2.24) is 5.32 Å². The van der Waals surface area contributed by atoms with Crippen molar-refractivity contribution in [3.8, 4) is 0 Å². The van der Waals surface area contributed by atoms with Crippen molar-refractivity contribution in [2.24, 2.45) is 23.7 Å². The molecule has 3 aliphatic carbocycles. The van der Waals surface area contributed by atoms with Crippen LogP contribution in [0.25, 0.3) is 0 Å². The van der Waals surface area contributed by atoms with E-state index in [1.54, 1.807) is 0 Å². The van der Waals surface area contributed by atoms with Crippen LogP contribution in [0.3, 0.4) is 0 Å². The van der Waals surface area contributed by atoms with Gasteiger partial charge in [0.1, 0.15) is 0 Å². The summed E-state index contributed by atoms with van der Waals surface area (Å²) in [4.78, 5) is 0. The van der Waals surface area contributed by atoms with Gasteiger partial charge >= 0.3 is 0 Å². The fourth-order valence-corrected chi connectivity index (χ4v) is 5.36. The van der Waals surface area contributed by atoms with Crippen molar-refractivity contribution in [3.05, 3.63) is 35.9 Å². The summed E-state index contributed by atoms with van der Waals surface area (Å²) in [6, 6.07) is 10.7. The van der Waals surface area contributed by atoms with E-state index in [0.717, 1.165) is 29.2 Å². The van der Waals surface area contributed by atoms with E-state index >= 15 is 0 Å². The van der Waals surface area contributed by atoms with Crippen molar-refractivity contribution < 1.29 is 5.11 Å². The Bertz CT molecular complexity index is 460. The SMILES string of the molecule is OC(CNC1CC2CC1C1CCCC21)c1ccccc1. The number of nitrogens with one attached hydrogen (secondary N) is 1. The third-order valence-corrected chi connectivity index (χ3v) is 6.19. The van der Waals surface area contributed by atoms with Gasteiger partial charge in [-0.1, -0.05) is 36.8 Å². The van der Waals surface area contributed by atoms with Crippen molar-refractivity contribution in [2.75, 3.05) is 6.54 Å². The molecule has 0 aromatic heterocycles. The Labute approximate surface area is 121 Å². The van der Waals surface area contributed by atoms with Crippen LogP contribution in [0.15, 0.2) is 30.3 Å². The Morgan fingerprint density at radius 2 is 1.85 bits per heavy atom. The summed E-state index contributed by atoms with van der Waals surface area (Å²) in [5.74, 6) is 3.94. The Hall–Kier alpha value is -0.860. The smallest absolute Gasteiger partial charge is 0.0914 e. The lowest BCUT2D eigenvalue weighted by Crippen LogP contribution is -2.41. The van der Waals surface area contributed by atoms with Crippen LogP contribution in [0.5, 0.6) is 0 Å². The minimum atomic E-state index is -0.366. The molecule has 0 aliphatic heterocycles. The summed E-state index contributed by atoms with van der Waals surface area (Å²) in [7, 11) is 0. The maximum atomic E-state index is 10.3. The monoisotopic (exact) mass is 271 g/mol. The zero-order chi connectivity index (χ0) is 13.5. The predicted octanol–water partition coefficient (Wildman–Crippen LogP) is 3.13. The van der Waals surface area contributed by atoms with Gasteiger partial charge in [0.05, 0.1) is 6.10 Å². The quantitative estimate of drug-likeness (QED) is 0.882. The first-order valence-electron chi connectivity index (χ1n) is 8.29. The molecule has 2 nitrogen and oxygen atoms in total. The lowest BCUT2D eigenvalue weighted by atomic mass is 9.79. The van der Waals surface area contributed by atoms with Crippen molar-refractivity contribution in [3.63, 3.8) is 0 Å². The topological polar surface area (TPSA) is 32.3 Å². The molecule has 6 atom stereocenters. The number of hydrogen-bond acceptors (Lipinski definition) is 2. The molecular weight excluding hydrogens is 246 g/mol. The predicted molar refractivity (Wildman–Crippen MR) is 80.2 cm³/mol. The molecule has 0 radical (unpaired) electrons. The second-order valence-corrected chi connectivity index (χ2v) is 7.10. The van der Waals surface area contributed by atoms with Crippen LogP contribution in [0, 0.1) is 23.7 Å². The van der Waals surface area contributed by atoms with Crippen LogP contribution in [0.4, 0.5) is 0 Å². The first-order chi connectivity index (χ1) is 9.83. The highest BCUT2D eigenvalue weighted by Crippen LogP contribution is 2.58. The summed E-state index contributed by atoms with van der Waals surface area (Å²) < 4.78 is 0. The van der Waals surface area contributed by atoms with Crippen molar-refractivity contribution in [1.29, 1.82) is 0 Å². The van der Waals surface area contributed by atoms with Gasteiger partial charge in [-0.3, -0.25) is 0 Å². The van der Waals surface area contributed by atoms with E-state index in [0.29, 0.717) is 12.6 Å². The molecule has 0 saturated heterocycles. The molecule has 1 aromatic carbocycles. The molecule has 3 fully saturated rings. The lowest BCUT2D eigenvalue weighted by Gasteiger charge is -2.32. The molecular formula is C18H25NO. The number of fused-ring (bicyclic) bond motifs is 5. The fraction of sp³-hybridized carbons (Fsp3) is 0.667. The molecule has 4 rings (SSSR count). The second-order valence-electron chi connectivity index (χ2n) is 7.10. The lowest BCUT2D eigenvalue weighted by molar-refractivity contribution is 0.149. The van der Waals surface area contributed by atoms with Gasteiger partial charge in [-0.15, -0.1) is 0 Å². The molecule has 0 spiro atoms.